The number of hydrogen-bond donors (Lipinski definition) is 1. The van der Waals surface area contributed by atoms with Crippen LogP contribution < -0.4 is 4.74 Å². The monoisotopic (exact) mass is 508 g/mol. The Morgan fingerprint density at radius 3 is 2.49 bits per heavy atom. The summed E-state index contributed by atoms with van der Waals surface area (Å²) in [4.78, 5) is 28.7. The third-order valence-corrected chi connectivity index (χ3v) is 7.99. The second-order valence-corrected chi connectivity index (χ2v) is 11.2. The predicted octanol–water partition coefficient (Wildman–Crippen LogP) is 5.08. The van der Waals surface area contributed by atoms with E-state index >= 15 is 0 Å². The van der Waals surface area contributed by atoms with Crippen molar-refractivity contribution in [3.63, 3.8) is 0 Å². The Labute approximate surface area is 220 Å². The Morgan fingerprint density at radius 2 is 1.78 bits per heavy atom. The molecule has 1 heterocycles. The summed E-state index contributed by atoms with van der Waals surface area (Å²) < 4.78 is 10.1. The summed E-state index contributed by atoms with van der Waals surface area (Å²) in [7, 11) is 2.96. The number of phenols is 1. The summed E-state index contributed by atoms with van der Waals surface area (Å²) in [6.07, 6.45) is 5.81. The number of carbonyl (C=O) groups excluding carboxylic acids is 2. The smallest absolute Gasteiger partial charge is 0.409 e. The second kappa shape index (κ2) is 11.4. The van der Waals surface area contributed by atoms with Gasteiger partial charge in [-0.05, 0) is 84.7 Å². The minimum atomic E-state index is -0.332. The average Bonchev–Trinajstić information content (AvgIpc) is 2.91. The van der Waals surface area contributed by atoms with Crippen LogP contribution in [0, 0.1) is 11.3 Å². The fraction of sp³-hybridized carbons (Fsp3) is 0.533. The van der Waals surface area contributed by atoms with Crippen LogP contribution in [0.3, 0.4) is 0 Å². The van der Waals surface area contributed by atoms with Gasteiger partial charge in [0.15, 0.2) is 11.5 Å². The van der Waals surface area contributed by atoms with E-state index in [1.165, 1.54) is 23.8 Å². The molecule has 0 radical (unpaired) electrons. The van der Waals surface area contributed by atoms with Gasteiger partial charge in [-0.3, -0.25) is 4.79 Å². The third-order valence-electron chi connectivity index (χ3n) is 7.99. The summed E-state index contributed by atoms with van der Waals surface area (Å²) >= 11 is 0. The van der Waals surface area contributed by atoms with Crippen LogP contribution in [-0.4, -0.2) is 67.3 Å². The zero-order valence-electron chi connectivity index (χ0n) is 22.6. The topological polar surface area (TPSA) is 79.3 Å². The SMILES string of the molecule is COC(=O)N1CCN(C(=O)c2cccc3c2CCC(CC(C)(C)CCc2ccc(O)c(OC)c2)C3)CC1. The number of phenolic OH excluding ortho intramolecular Hbond substituents is 1. The zero-order valence-corrected chi connectivity index (χ0v) is 22.6. The Hall–Kier alpha value is -3.22. The van der Waals surface area contributed by atoms with Crippen LogP contribution in [0.15, 0.2) is 36.4 Å². The first-order valence-corrected chi connectivity index (χ1v) is 13.3. The summed E-state index contributed by atoms with van der Waals surface area (Å²) in [5.74, 6) is 1.36. The lowest BCUT2D eigenvalue weighted by Gasteiger charge is -2.36. The normalized spacial score (nSPS) is 17.8. The second-order valence-electron chi connectivity index (χ2n) is 11.2. The Balaban J connectivity index is 1.35. The van der Waals surface area contributed by atoms with Gasteiger partial charge in [0.1, 0.15) is 0 Å². The number of fused-ring (bicyclic) bond motifs is 1. The van der Waals surface area contributed by atoms with E-state index in [-0.39, 0.29) is 23.2 Å². The van der Waals surface area contributed by atoms with Gasteiger partial charge < -0.3 is 24.4 Å². The molecule has 7 heteroatoms. The minimum Gasteiger partial charge on any atom is -0.504 e. The van der Waals surface area contributed by atoms with Gasteiger partial charge in [-0.15, -0.1) is 0 Å². The average molecular weight is 509 g/mol. The molecular formula is C30H40N2O5. The summed E-state index contributed by atoms with van der Waals surface area (Å²) in [6, 6.07) is 11.8. The lowest BCUT2D eigenvalue weighted by Crippen LogP contribution is -2.50. The summed E-state index contributed by atoms with van der Waals surface area (Å²) in [5, 5.41) is 9.86. The zero-order chi connectivity index (χ0) is 26.6. The van der Waals surface area contributed by atoms with Gasteiger partial charge in [0, 0.05) is 31.7 Å². The van der Waals surface area contributed by atoms with Crippen molar-refractivity contribution in [1.82, 2.24) is 9.80 Å². The molecule has 0 saturated carbocycles. The number of aryl methyl sites for hydroxylation is 1. The maximum atomic E-state index is 13.4. The maximum absolute atomic E-state index is 13.4. The highest BCUT2D eigenvalue weighted by Crippen LogP contribution is 2.38. The van der Waals surface area contributed by atoms with Crippen LogP contribution >= 0.6 is 0 Å². The van der Waals surface area contributed by atoms with E-state index in [1.54, 1.807) is 18.1 Å². The van der Waals surface area contributed by atoms with E-state index in [1.807, 2.05) is 29.2 Å². The molecule has 1 saturated heterocycles. The van der Waals surface area contributed by atoms with Gasteiger partial charge in [0.25, 0.3) is 5.91 Å². The molecule has 7 nitrogen and oxygen atoms in total. The molecule has 2 aromatic rings. The number of amides is 2. The highest BCUT2D eigenvalue weighted by atomic mass is 16.5. The lowest BCUT2D eigenvalue weighted by molar-refractivity contribution is 0.0598. The standard InChI is InChI=1S/C30H40N2O5/c1-30(2,13-12-21-9-11-26(33)27(19-21)36-3)20-22-8-10-24-23(18-22)6-5-7-25(24)28(34)31-14-16-32(17-15-31)29(35)37-4/h5-7,9,11,19,22,33H,8,10,12-18,20H2,1-4H3. The Morgan fingerprint density at radius 1 is 1.05 bits per heavy atom. The van der Waals surface area contributed by atoms with E-state index in [4.69, 9.17) is 9.47 Å². The van der Waals surface area contributed by atoms with Crippen LogP contribution in [0.2, 0.25) is 0 Å². The van der Waals surface area contributed by atoms with Crippen LogP contribution in [0.25, 0.3) is 0 Å². The quantitative estimate of drug-likeness (QED) is 0.564. The van der Waals surface area contributed by atoms with Crippen molar-refractivity contribution in [2.75, 3.05) is 40.4 Å². The van der Waals surface area contributed by atoms with E-state index < -0.39 is 0 Å². The molecule has 37 heavy (non-hydrogen) atoms. The summed E-state index contributed by atoms with van der Waals surface area (Å²) in [5.41, 5.74) is 4.68. The van der Waals surface area contributed by atoms with Crippen molar-refractivity contribution in [3.8, 4) is 11.5 Å². The van der Waals surface area contributed by atoms with Crippen molar-refractivity contribution >= 4 is 12.0 Å². The molecule has 2 aliphatic rings. The van der Waals surface area contributed by atoms with Crippen LogP contribution in [0.1, 0.15) is 60.2 Å². The van der Waals surface area contributed by atoms with Gasteiger partial charge in [0.2, 0.25) is 0 Å². The number of rotatable bonds is 7. The van der Waals surface area contributed by atoms with Crippen LogP contribution in [0.4, 0.5) is 4.79 Å². The molecule has 4 rings (SSSR count). The van der Waals surface area contributed by atoms with E-state index in [9.17, 15) is 14.7 Å². The molecule has 1 aliphatic carbocycles. The number of methoxy groups -OCH3 is 2. The molecule has 0 aromatic heterocycles. The molecule has 2 amide bonds. The fourth-order valence-corrected chi connectivity index (χ4v) is 5.89. The molecule has 0 spiro atoms. The number of ether oxygens (including phenoxy) is 2. The molecule has 1 fully saturated rings. The molecule has 2 aromatic carbocycles. The Kier molecular flexibility index (Phi) is 8.30. The largest absolute Gasteiger partial charge is 0.504 e. The first kappa shape index (κ1) is 26.8. The van der Waals surface area contributed by atoms with Crippen molar-refractivity contribution in [2.45, 2.75) is 52.4 Å². The molecule has 1 unspecified atom stereocenters. The van der Waals surface area contributed by atoms with Gasteiger partial charge in [-0.2, -0.15) is 0 Å². The Bertz CT molecular complexity index is 1120. The van der Waals surface area contributed by atoms with Gasteiger partial charge in [-0.1, -0.05) is 32.0 Å². The van der Waals surface area contributed by atoms with Crippen molar-refractivity contribution in [2.24, 2.45) is 11.3 Å². The van der Waals surface area contributed by atoms with E-state index in [2.05, 4.69) is 19.9 Å². The number of hydrogen-bond acceptors (Lipinski definition) is 5. The fourth-order valence-electron chi connectivity index (χ4n) is 5.89. The lowest BCUT2D eigenvalue weighted by atomic mass is 9.72. The van der Waals surface area contributed by atoms with Crippen LogP contribution in [-0.2, 0) is 24.0 Å². The predicted molar refractivity (Wildman–Crippen MR) is 143 cm³/mol. The molecule has 1 N–H and O–H groups in total. The molecule has 1 atom stereocenters. The van der Waals surface area contributed by atoms with Crippen molar-refractivity contribution < 1.29 is 24.2 Å². The van der Waals surface area contributed by atoms with Crippen molar-refractivity contribution in [3.05, 3.63) is 58.7 Å². The molecule has 1 aliphatic heterocycles. The van der Waals surface area contributed by atoms with Gasteiger partial charge in [0.05, 0.1) is 14.2 Å². The first-order chi connectivity index (χ1) is 17.7. The van der Waals surface area contributed by atoms with E-state index in [0.717, 1.165) is 44.1 Å². The minimum absolute atomic E-state index is 0.0736. The molecule has 0 bridgehead atoms. The third kappa shape index (κ3) is 6.38. The van der Waals surface area contributed by atoms with Crippen molar-refractivity contribution in [1.29, 1.82) is 0 Å². The first-order valence-electron chi connectivity index (χ1n) is 13.3. The number of benzene rings is 2. The molecule has 200 valence electrons. The number of aromatic hydroxyl groups is 1. The molecular weight excluding hydrogens is 468 g/mol. The number of nitrogens with zero attached hydrogens (tertiary/aromatic N) is 2. The van der Waals surface area contributed by atoms with Gasteiger partial charge in [-0.25, -0.2) is 4.79 Å². The van der Waals surface area contributed by atoms with Gasteiger partial charge >= 0.3 is 6.09 Å². The summed E-state index contributed by atoms with van der Waals surface area (Å²) in [6.45, 7) is 6.74. The number of piperazine rings is 1. The maximum Gasteiger partial charge on any atom is 0.409 e. The van der Waals surface area contributed by atoms with E-state index in [0.29, 0.717) is 37.8 Å². The highest BCUT2D eigenvalue weighted by molar-refractivity contribution is 5.96. The highest BCUT2D eigenvalue weighted by Gasteiger charge is 2.31. The van der Waals surface area contributed by atoms with Crippen LogP contribution in [0.5, 0.6) is 11.5 Å². The number of carbonyl (C=O) groups is 2.